The monoisotopic (exact) mass is 252 g/mol. The van der Waals surface area contributed by atoms with Gasteiger partial charge in [0.25, 0.3) is 0 Å². The number of pyridine rings is 1. The van der Waals surface area contributed by atoms with E-state index in [0.29, 0.717) is 6.04 Å². The SMILES string of the molecule is CSCCCCCCNC(C)c1cccnc1. The van der Waals surface area contributed by atoms with Crippen LogP contribution in [0, 0.1) is 0 Å². The van der Waals surface area contributed by atoms with Crippen molar-refractivity contribution < 1.29 is 0 Å². The summed E-state index contributed by atoms with van der Waals surface area (Å²) in [7, 11) is 0. The highest BCUT2D eigenvalue weighted by molar-refractivity contribution is 7.98. The maximum atomic E-state index is 4.14. The number of aromatic nitrogens is 1. The van der Waals surface area contributed by atoms with Gasteiger partial charge in [-0.1, -0.05) is 18.9 Å². The summed E-state index contributed by atoms with van der Waals surface area (Å²) in [6, 6.07) is 4.54. The topological polar surface area (TPSA) is 24.9 Å². The molecule has 2 nitrogen and oxygen atoms in total. The van der Waals surface area contributed by atoms with Crippen LogP contribution in [0.4, 0.5) is 0 Å². The Balaban J connectivity index is 2.03. The van der Waals surface area contributed by atoms with Crippen molar-refractivity contribution in [2.24, 2.45) is 0 Å². The Bertz CT molecular complexity index is 277. The van der Waals surface area contributed by atoms with Crippen molar-refractivity contribution in [2.45, 2.75) is 38.6 Å². The molecular weight excluding hydrogens is 228 g/mol. The summed E-state index contributed by atoms with van der Waals surface area (Å²) in [5.74, 6) is 1.31. The molecule has 1 atom stereocenters. The summed E-state index contributed by atoms with van der Waals surface area (Å²) in [4.78, 5) is 4.14. The van der Waals surface area contributed by atoms with Crippen LogP contribution in [0.15, 0.2) is 24.5 Å². The van der Waals surface area contributed by atoms with Gasteiger partial charge in [-0.25, -0.2) is 0 Å². The van der Waals surface area contributed by atoms with E-state index in [1.165, 1.54) is 37.0 Å². The molecule has 96 valence electrons. The Hall–Kier alpha value is -0.540. The third kappa shape index (κ3) is 6.69. The summed E-state index contributed by atoms with van der Waals surface area (Å²) in [5, 5.41) is 3.54. The highest BCUT2D eigenvalue weighted by Gasteiger charge is 2.02. The van der Waals surface area contributed by atoms with Crippen molar-refractivity contribution in [3.8, 4) is 0 Å². The van der Waals surface area contributed by atoms with Gasteiger partial charge in [0.2, 0.25) is 0 Å². The van der Waals surface area contributed by atoms with Crippen LogP contribution in [-0.2, 0) is 0 Å². The van der Waals surface area contributed by atoms with Crippen LogP contribution in [-0.4, -0.2) is 23.5 Å². The highest BCUT2D eigenvalue weighted by atomic mass is 32.2. The number of hydrogen-bond donors (Lipinski definition) is 1. The zero-order chi connectivity index (χ0) is 12.3. The summed E-state index contributed by atoms with van der Waals surface area (Å²) >= 11 is 1.95. The van der Waals surface area contributed by atoms with Crippen molar-refractivity contribution in [1.82, 2.24) is 10.3 Å². The van der Waals surface area contributed by atoms with Crippen LogP contribution in [0.25, 0.3) is 0 Å². The van der Waals surface area contributed by atoms with Crippen molar-refractivity contribution in [3.05, 3.63) is 30.1 Å². The standard InChI is InChI=1S/C14H24N2S/c1-13(14-8-7-9-15-12-14)16-10-5-3-4-6-11-17-2/h7-9,12-13,16H,3-6,10-11H2,1-2H3. The molecular formula is C14H24N2S. The molecule has 0 spiro atoms. The van der Waals surface area contributed by atoms with Gasteiger partial charge in [-0.05, 0) is 49.9 Å². The van der Waals surface area contributed by atoms with Crippen molar-refractivity contribution >= 4 is 11.8 Å². The first-order chi connectivity index (χ1) is 8.34. The van der Waals surface area contributed by atoms with E-state index < -0.39 is 0 Å². The smallest absolute Gasteiger partial charge is 0.0315 e. The van der Waals surface area contributed by atoms with Crippen molar-refractivity contribution in [3.63, 3.8) is 0 Å². The molecule has 0 saturated heterocycles. The summed E-state index contributed by atoms with van der Waals surface area (Å²) < 4.78 is 0. The second kappa shape index (κ2) is 9.49. The van der Waals surface area contributed by atoms with Crippen LogP contribution in [0.5, 0.6) is 0 Å². The molecule has 1 aromatic rings. The first-order valence-electron chi connectivity index (χ1n) is 6.47. The molecule has 0 aromatic carbocycles. The molecule has 1 unspecified atom stereocenters. The number of rotatable bonds is 9. The molecule has 1 heterocycles. The number of unbranched alkanes of at least 4 members (excludes halogenated alkanes) is 3. The maximum absolute atomic E-state index is 4.14. The minimum Gasteiger partial charge on any atom is -0.310 e. The van der Waals surface area contributed by atoms with E-state index in [4.69, 9.17) is 0 Å². The molecule has 1 N–H and O–H groups in total. The number of thioether (sulfide) groups is 1. The molecule has 0 amide bonds. The third-order valence-corrected chi connectivity index (χ3v) is 3.61. The van der Waals surface area contributed by atoms with E-state index in [-0.39, 0.29) is 0 Å². The van der Waals surface area contributed by atoms with Gasteiger partial charge in [0, 0.05) is 18.4 Å². The van der Waals surface area contributed by atoms with Gasteiger partial charge in [0.05, 0.1) is 0 Å². The van der Waals surface area contributed by atoms with Crippen LogP contribution >= 0.6 is 11.8 Å². The normalized spacial score (nSPS) is 12.6. The molecule has 1 rings (SSSR count). The predicted molar refractivity (Wildman–Crippen MR) is 77.5 cm³/mol. The fourth-order valence-electron chi connectivity index (χ4n) is 1.79. The van der Waals surface area contributed by atoms with E-state index in [0.717, 1.165) is 6.54 Å². The summed E-state index contributed by atoms with van der Waals surface area (Å²) in [6.07, 6.45) is 11.3. The van der Waals surface area contributed by atoms with Gasteiger partial charge in [-0.3, -0.25) is 4.98 Å². The fourth-order valence-corrected chi connectivity index (χ4v) is 2.29. The van der Waals surface area contributed by atoms with Crippen LogP contribution in [0.1, 0.15) is 44.2 Å². The second-order valence-corrected chi connectivity index (χ2v) is 5.35. The largest absolute Gasteiger partial charge is 0.310 e. The fraction of sp³-hybridized carbons (Fsp3) is 0.643. The quantitative estimate of drug-likeness (QED) is 0.679. The summed E-state index contributed by atoms with van der Waals surface area (Å²) in [6.45, 7) is 3.31. The van der Waals surface area contributed by atoms with Gasteiger partial charge < -0.3 is 5.32 Å². The average Bonchev–Trinajstić information content (AvgIpc) is 2.38. The molecule has 3 heteroatoms. The van der Waals surface area contributed by atoms with E-state index in [9.17, 15) is 0 Å². The van der Waals surface area contributed by atoms with Gasteiger partial charge >= 0.3 is 0 Å². The lowest BCUT2D eigenvalue weighted by molar-refractivity contribution is 0.536. The first kappa shape index (κ1) is 14.5. The van der Waals surface area contributed by atoms with E-state index >= 15 is 0 Å². The Morgan fingerprint density at radius 2 is 2.12 bits per heavy atom. The number of nitrogens with one attached hydrogen (secondary N) is 1. The van der Waals surface area contributed by atoms with Gasteiger partial charge in [0.15, 0.2) is 0 Å². The molecule has 0 radical (unpaired) electrons. The number of nitrogens with zero attached hydrogens (tertiary/aromatic N) is 1. The lowest BCUT2D eigenvalue weighted by Crippen LogP contribution is -2.19. The van der Waals surface area contributed by atoms with E-state index in [1.54, 1.807) is 0 Å². The minimum absolute atomic E-state index is 0.412. The van der Waals surface area contributed by atoms with Crippen molar-refractivity contribution in [2.75, 3.05) is 18.6 Å². The van der Waals surface area contributed by atoms with Gasteiger partial charge in [-0.15, -0.1) is 0 Å². The molecule has 1 aromatic heterocycles. The van der Waals surface area contributed by atoms with Gasteiger partial charge in [-0.2, -0.15) is 11.8 Å². The molecule has 0 aliphatic heterocycles. The molecule has 0 saturated carbocycles. The Morgan fingerprint density at radius 3 is 2.82 bits per heavy atom. The predicted octanol–water partition coefficient (Wildman–Crippen LogP) is 3.66. The van der Waals surface area contributed by atoms with Crippen LogP contribution in [0.2, 0.25) is 0 Å². The third-order valence-electron chi connectivity index (χ3n) is 2.91. The Morgan fingerprint density at radius 1 is 1.29 bits per heavy atom. The minimum atomic E-state index is 0.412. The van der Waals surface area contributed by atoms with Crippen molar-refractivity contribution in [1.29, 1.82) is 0 Å². The van der Waals surface area contributed by atoms with E-state index in [2.05, 4.69) is 29.5 Å². The Labute approximate surface area is 110 Å². The summed E-state index contributed by atoms with van der Waals surface area (Å²) in [5.41, 5.74) is 1.27. The second-order valence-electron chi connectivity index (χ2n) is 4.37. The van der Waals surface area contributed by atoms with Gasteiger partial charge in [0.1, 0.15) is 0 Å². The van der Waals surface area contributed by atoms with E-state index in [1.807, 2.05) is 30.2 Å². The lowest BCUT2D eigenvalue weighted by Gasteiger charge is -2.13. The lowest BCUT2D eigenvalue weighted by atomic mass is 10.1. The molecule has 17 heavy (non-hydrogen) atoms. The average molecular weight is 252 g/mol. The molecule has 0 fully saturated rings. The highest BCUT2D eigenvalue weighted by Crippen LogP contribution is 2.10. The number of hydrogen-bond acceptors (Lipinski definition) is 3. The molecule has 0 aliphatic carbocycles. The first-order valence-corrected chi connectivity index (χ1v) is 7.86. The Kier molecular flexibility index (Phi) is 8.10. The van der Waals surface area contributed by atoms with Crippen LogP contribution in [0.3, 0.4) is 0 Å². The zero-order valence-electron chi connectivity index (χ0n) is 11.0. The zero-order valence-corrected chi connectivity index (χ0v) is 11.8. The molecule has 0 bridgehead atoms. The molecule has 0 aliphatic rings. The van der Waals surface area contributed by atoms with Crippen LogP contribution < -0.4 is 5.32 Å². The maximum Gasteiger partial charge on any atom is 0.0315 e.